The zero-order valence-corrected chi connectivity index (χ0v) is 14.2. The summed E-state index contributed by atoms with van der Waals surface area (Å²) in [5.74, 6) is -0.452. The molecule has 4 nitrogen and oxygen atoms in total. The molecule has 136 valence electrons. The predicted octanol–water partition coefficient (Wildman–Crippen LogP) is 5.56. The average molecular weight is 390 g/mol. The lowest BCUT2D eigenvalue weighted by Crippen LogP contribution is -2.28. The van der Waals surface area contributed by atoms with Gasteiger partial charge in [0.25, 0.3) is 0 Å². The van der Waals surface area contributed by atoms with E-state index in [4.69, 9.17) is 4.42 Å². The smallest absolute Gasteiger partial charge is 0.456 e. The molecule has 8 heteroatoms. The van der Waals surface area contributed by atoms with Gasteiger partial charge in [-0.25, -0.2) is 0 Å². The molecule has 0 bridgehead atoms. The second kappa shape index (κ2) is 5.04. The molecule has 0 N–H and O–H groups in total. The highest BCUT2D eigenvalue weighted by atomic mass is 32.2. The van der Waals surface area contributed by atoms with Gasteiger partial charge in [0.15, 0.2) is 0 Å². The first-order valence-electron chi connectivity index (χ1n) is 7.86. The molecule has 0 unspecified atom stereocenters. The SMILES string of the molecule is O=S(=O)(Oc1cc2oc3cccc4c5ccccc5c(c1)c2c34)C(F)(F)F. The molecule has 27 heavy (non-hydrogen) atoms. The normalized spacial score (nSPS) is 13.3. The van der Waals surface area contributed by atoms with Crippen LogP contribution in [0.5, 0.6) is 5.75 Å². The Bertz CT molecular complexity index is 1450. The van der Waals surface area contributed by atoms with E-state index in [0.29, 0.717) is 11.0 Å². The summed E-state index contributed by atoms with van der Waals surface area (Å²) in [5.41, 5.74) is -4.69. The van der Waals surface area contributed by atoms with Crippen LogP contribution in [0.25, 0.3) is 43.5 Å². The van der Waals surface area contributed by atoms with Gasteiger partial charge in [0, 0.05) is 16.8 Å². The monoisotopic (exact) mass is 390 g/mol. The van der Waals surface area contributed by atoms with E-state index in [0.717, 1.165) is 26.9 Å². The van der Waals surface area contributed by atoms with Crippen molar-refractivity contribution in [3.8, 4) is 5.75 Å². The Balaban J connectivity index is 1.91. The molecule has 1 heterocycles. The van der Waals surface area contributed by atoms with Crippen LogP contribution < -0.4 is 4.18 Å². The van der Waals surface area contributed by atoms with E-state index in [1.807, 2.05) is 30.3 Å². The third-order valence-electron chi connectivity index (χ3n) is 4.57. The molecule has 0 radical (unpaired) electrons. The molecule has 5 rings (SSSR count). The lowest BCUT2D eigenvalue weighted by Gasteiger charge is -2.11. The van der Waals surface area contributed by atoms with E-state index in [-0.39, 0.29) is 5.58 Å². The van der Waals surface area contributed by atoms with Crippen molar-refractivity contribution in [2.45, 2.75) is 5.51 Å². The maximum absolute atomic E-state index is 12.7. The Morgan fingerprint density at radius 1 is 0.778 bits per heavy atom. The molecule has 0 aliphatic heterocycles. The summed E-state index contributed by atoms with van der Waals surface area (Å²) in [6, 6.07) is 15.4. The average Bonchev–Trinajstić information content (AvgIpc) is 2.98. The van der Waals surface area contributed by atoms with Gasteiger partial charge in [-0.3, -0.25) is 0 Å². The van der Waals surface area contributed by atoms with E-state index in [1.54, 1.807) is 12.1 Å². The number of rotatable bonds is 2. The molecule has 0 saturated carbocycles. The third-order valence-corrected chi connectivity index (χ3v) is 5.55. The van der Waals surface area contributed by atoms with Crippen LogP contribution in [0.3, 0.4) is 0 Å². The van der Waals surface area contributed by atoms with Gasteiger partial charge in [-0.1, -0.05) is 36.4 Å². The Morgan fingerprint density at radius 3 is 2.11 bits per heavy atom. The van der Waals surface area contributed by atoms with Gasteiger partial charge >= 0.3 is 15.6 Å². The molecule has 5 aromatic rings. The maximum atomic E-state index is 12.7. The highest BCUT2D eigenvalue weighted by molar-refractivity contribution is 7.88. The van der Waals surface area contributed by atoms with Crippen LogP contribution in [0.15, 0.2) is 59.0 Å². The molecule has 0 atom stereocenters. The lowest BCUT2D eigenvalue weighted by atomic mass is 9.94. The quantitative estimate of drug-likeness (QED) is 0.225. The van der Waals surface area contributed by atoms with Crippen LogP contribution in [-0.4, -0.2) is 13.9 Å². The van der Waals surface area contributed by atoms with Crippen molar-refractivity contribution in [2.75, 3.05) is 0 Å². The van der Waals surface area contributed by atoms with E-state index in [9.17, 15) is 21.6 Å². The molecule has 0 spiro atoms. The first kappa shape index (κ1) is 16.2. The topological polar surface area (TPSA) is 56.5 Å². The summed E-state index contributed by atoms with van der Waals surface area (Å²) in [5, 5.41) is 4.72. The van der Waals surface area contributed by atoms with Crippen molar-refractivity contribution >= 4 is 53.6 Å². The van der Waals surface area contributed by atoms with Crippen molar-refractivity contribution in [1.29, 1.82) is 0 Å². The summed E-state index contributed by atoms with van der Waals surface area (Å²) < 4.78 is 71.0. The van der Waals surface area contributed by atoms with E-state index in [1.165, 1.54) is 12.1 Å². The fourth-order valence-electron chi connectivity index (χ4n) is 3.53. The van der Waals surface area contributed by atoms with Crippen molar-refractivity contribution < 1.29 is 30.2 Å². The fraction of sp³-hybridized carbons (Fsp3) is 0.0526. The van der Waals surface area contributed by atoms with Gasteiger partial charge in [0.1, 0.15) is 16.9 Å². The van der Waals surface area contributed by atoms with Gasteiger partial charge in [0.2, 0.25) is 0 Å². The third kappa shape index (κ3) is 2.19. The number of fused-ring (bicyclic) bond motifs is 3. The van der Waals surface area contributed by atoms with Crippen molar-refractivity contribution in [3.63, 3.8) is 0 Å². The Labute approximate surface area is 150 Å². The summed E-state index contributed by atoms with van der Waals surface area (Å²) in [6.07, 6.45) is 0. The highest BCUT2D eigenvalue weighted by Gasteiger charge is 2.48. The number of halogens is 3. The number of furan rings is 1. The standard InChI is InChI=1S/C19H9F3O4S/c20-19(21,22)27(23,24)26-10-8-14-12-5-2-1-4-11(12)13-6-3-7-15-17(13)18(14)16(9-10)25-15/h1-9H. The van der Waals surface area contributed by atoms with Crippen LogP contribution in [0.2, 0.25) is 0 Å². The molecule has 0 fully saturated rings. The minimum atomic E-state index is -5.78. The number of hydrogen-bond acceptors (Lipinski definition) is 4. The van der Waals surface area contributed by atoms with Crippen molar-refractivity contribution in [3.05, 3.63) is 54.6 Å². The molecule has 0 aliphatic carbocycles. The predicted molar refractivity (Wildman–Crippen MR) is 95.5 cm³/mol. The van der Waals surface area contributed by atoms with Crippen LogP contribution in [0.1, 0.15) is 0 Å². The van der Waals surface area contributed by atoms with Crippen molar-refractivity contribution in [1.82, 2.24) is 0 Å². The molecular formula is C19H9F3O4S. The molecular weight excluding hydrogens is 381 g/mol. The summed E-state index contributed by atoms with van der Waals surface area (Å²) >= 11 is 0. The van der Waals surface area contributed by atoms with Gasteiger partial charge in [-0.05, 0) is 33.7 Å². The van der Waals surface area contributed by atoms with Crippen LogP contribution >= 0.6 is 0 Å². The summed E-state index contributed by atoms with van der Waals surface area (Å²) in [7, 11) is -5.78. The summed E-state index contributed by atoms with van der Waals surface area (Å²) in [4.78, 5) is 0. The Hall–Kier alpha value is -3.00. The lowest BCUT2D eigenvalue weighted by molar-refractivity contribution is -0.0500. The van der Waals surface area contributed by atoms with Gasteiger partial charge in [-0.2, -0.15) is 21.6 Å². The molecule has 0 saturated heterocycles. The van der Waals surface area contributed by atoms with Crippen LogP contribution in [0, 0.1) is 0 Å². The second-order valence-electron chi connectivity index (χ2n) is 6.15. The highest BCUT2D eigenvalue weighted by Crippen LogP contribution is 2.44. The number of benzene rings is 4. The minimum Gasteiger partial charge on any atom is -0.456 e. The van der Waals surface area contributed by atoms with E-state index >= 15 is 0 Å². The number of hydrogen-bond donors (Lipinski definition) is 0. The van der Waals surface area contributed by atoms with E-state index < -0.39 is 21.4 Å². The molecule has 1 aromatic heterocycles. The molecule has 4 aromatic carbocycles. The van der Waals surface area contributed by atoms with Crippen LogP contribution in [-0.2, 0) is 10.1 Å². The molecule has 0 aliphatic rings. The minimum absolute atomic E-state index is 0.261. The first-order chi connectivity index (χ1) is 12.8. The number of alkyl halides is 3. The Kier molecular flexibility index (Phi) is 3.02. The summed E-state index contributed by atoms with van der Waals surface area (Å²) in [6.45, 7) is 0. The zero-order valence-electron chi connectivity index (χ0n) is 13.4. The molecule has 0 amide bonds. The fourth-order valence-corrected chi connectivity index (χ4v) is 3.98. The zero-order chi connectivity index (χ0) is 19.0. The van der Waals surface area contributed by atoms with Gasteiger partial charge in [-0.15, -0.1) is 0 Å². The van der Waals surface area contributed by atoms with Crippen LogP contribution in [0.4, 0.5) is 13.2 Å². The van der Waals surface area contributed by atoms with Gasteiger partial charge in [0.05, 0.1) is 0 Å². The second-order valence-corrected chi connectivity index (χ2v) is 7.69. The first-order valence-corrected chi connectivity index (χ1v) is 9.27. The van der Waals surface area contributed by atoms with Crippen molar-refractivity contribution in [2.24, 2.45) is 0 Å². The van der Waals surface area contributed by atoms with Gasteiger partial charge < -0.3 is 8.60 Å². The van der Waals surface area contributed by atoms with E-state index in [2.05, 4.69) is 4.18 Å². The maximum Gasteiger partial charge on any atom is 0.534 e. The Morgan fingerprint density at radius 2 is 1.41 bits per heavy atom. The largest absolute Gasteiger partial charge is 0.534 e.